The quantitative estimate of drug-likeness (QED) is 0.867. The van der Waals surface area contributed by atoms with Crippen molar-refractivity contribution in [3.8, 4) is 0 Å². The van der Waals surface area contributed by atoms with E-state index in [0.29, 0.717) is 5.75 Å². The average Bonchev–Trinajstić information content (AvgIpc) is 2.74. The lowest BCUT2D eigenvalue weighted by Crippen LogP contribution is -2.33. The molecule has 2 rings (SSSR count). The zero-order valence-corrected chi connectivity index (χ0v) is 12.2. The Morgan fingerprint density at radius 2 is 1.65 bits per heavy atom. The average molecular weight is 293 g/mol. The van der Waals surface area contributed by atoms with Crippen LogP contribution in [0.3, 0.4) is 0 Å². The van der Waals surface area contributed by atoms with E-state index in [1.54, 1.807) is 24.3 Å². The molecule has 1 heterocycles. The number of carbonyl (C=O) groups is 2. The second-order valence-electron chi connectivity index (χ2n) is 4.91. The summed E-state index contributed by atoms with van der Waals surface area (Å²) in [6.45, 7) is 1.74. The van der Waals surface area contributed by atoms with Gasteiger partial charge in [-0.1, -0.05) is 12.8 Å². The van der Waals surface area contributed by atoms with Crippen molar-refractivity contribution in [2.24, 2.45) is 0 Å². The third kappa shape index (κ3) is 4.27. The van der Waals surface area contributed by atoms with Gasteiger partial charge in [-0.15, -0.1) is 11.8 Å². The van der Waals surface area contributed by atoms with Gasteiger partial charge in [0, 0.05) is 18.0 Å². The maximum Gasteiger partial charge on any atom is 0.335 e. The molecule has 0 spiro atoms. The highest BCUT2D eigenvalue weighted by molar-refractivity contribution is 8.00. The minimum atomic E-state index is -0.929. The topological polar surface area (TPSA) is 57.6 Å². The molecule has 1 amide bonds. The van der Waals surface area contributed by atoms with Crippen LogP contribution in [0.4, 0.5) is 0 Å². The standard InChI is InChI=1S/C15H19NO3S/c17-14(16-9-3-1-2-4-10-16)11-20-13-7-5-12(6-8-13)15(18)19/h5-8H,1-4,9-11H2,(H,18,19). The lowest BCUT2D eigenvalue weighted by molar-refractivity contribution is -0.128. The molecule has 1 aromatic carbocycles. The van der Waals surface area contributed by atoms with Gasteiger partial charge in [-0.2, -0.15) is 0 Å². The normalized spacial score (nSPS) is 15.7. The van der Waals surface area contributed by atoms with Crippen LogP contribution in [0.15, 0.2) is 29.2 Å². The summed E-state index contributed by atoms with van der Waals surface area (Å²) in [6, 6.07) is 6.65. The first kappa shape index (κ1) is 14.9. The van der Waals surface area contributed by atoms with Crippen LogP contribution in [0.1, 0.15) is 36.0 Å². The van der Waals surface area contributed by atoms with E-state index in [1.807, 2.05) is 4.90 Å². The molecular formula is C15H19NO3S. The fourth-order valence-corrected chi connectivity index (χ4v) is 3.05. The predicted molar refractivity (Wildman–Crippen MR) is 79.2 cm³/mol. The number of rotatable bonds is 4. The Balaban J connectivity index is 1.84. The molecule has 1 aliphatic heterocycles. The summed E-state index contributed by atoms with van der Waals surface area (Å²) in [5, 5.41) is 8.82. The molecule has 1 fully saturated rings. The van der Waals surface area contributed by atoms with Crippen molar-refractivity contribution in [1.29, 1.82) is 0 Å². The first-order chi connectivity index (χ1) is 9.66. The highest BCUT2D eigenvalue weighted by Crippen LogP contribution is 2.20. The molecule has 20 heavy (non-hydrogen) atoms. The highest BCUT2D eigenvalue weighted by Gasteiger charge is 2.15. The van der Waals surface area contributed by atoms with Crippen molar-refractivity contribution in [2.45, 2.75) is 30.6 Å². The SMILES string of the molecule is O=C(O)c1ccc(SCC(=O)N2CCCCCC2)cc1. The van der Waals surface area contributed by atoms with Gasteiger partial charge in [0.25, 0.3) is 0 Å². The van der Waals surface area contributed by atoms with E-state index in [9.17, 15) is 9.59 Å². The van der Waals surface area contributed by atoms with Crippen LogP contribution in [0.2, 0.25) is 0 Å². The van der Waals surface area contributed by atoms with Crippen LogP contribution in [0, 0.1) is 0 Å². The van der Waals surface area contributed by atoms with Crippen LogP contribution in [-0.2, 0) is 4.79 Å². The van der Waals surface area contributed by atoms with Gasteiger partial charge in [0.15, 0.2) is 0 Å². The molecule has 108 valence electrons. The Morgan fingerprint density at radius 3 is 2.20 bits per heavy atom. The smallest absolute Gasteiger partial charge is 0.335 e. The molecule has 0 aromatic heterocycles. The lowest BCUT2D eigenvalue weighted by Gasteiger charge is -2.19. The summed E-state index contributed by atoms with van der Waals surface area (Å²) < 4.78 is 0. The number of carboxylic acids is 1. The molecular weight excluding hydrogens is 274 g/mol. The number of hydrogen-bond donors (Lipinski definition) is 1. The summed E-state index contributed by atoms with van der Waals surface area (Å²) in [7, 11) is 0. The van der Waals surface area contributed by atoms with Gasteiger partial charge in [-0.3, -0.25) is 4.79 Å². The van der Waals surface area contributed by atoms with Crippen molar-refractivity contribution >= 4 is 23.6 Å². The van der Waals surface area contributed by atoms with Crippen LogP contribution in [0.5, 0.6) is 0 Å². The zero-order chi connectivity index (χ0) is 14.4. The molecule has 0 atom stereocenters. The van der Waals surface area contributed by atoms with E-state index in [1.165, 1.54) is 24.6 Å². The number of aromatic carboxylic acids is 1. The minimum Gasteiger partial charge on any atom is -0.478 e. The summed E-state index contributed by atoms with van der Waals surface area (Å²) in [5.74, 6) is -0.326. The van der Waals surface area contributed by atoms with Crippen LogP contribution in [0.25, 0.3) is 0 Å². The van der Waals surface area contributed by atoms with Gasteiger partial charge in [0.2, 0.25) is 5.91 Å². The molecule has 0 bridgehead atoms. The number of hydrogen-bond acceptors (Lipinski definition) is 3. The lowest BCUT2D eigenvalue weighted by atomic mass is 10.2. The minimum absolute atomic E-state index is 0.180. The molecule has 1 aliphatic rings. The van der Waals surface area contributed by atoms with Crippen LogP contribution in [-0.4, -0.2) is 40.7 Å². The molecule has 0 saturated carbocycles. The second kappa shape index (κ2) is 7.33. The summed E-state index contributed by atoms with van der Waals surface area (Å²) >= 11 is 1.47. The summed E-state index contributed by atoms with van der Waals surface area (Å²) in [4.78, 5) is 25.7. The maximum absolute atomic E-state index is 12.1. The Labute approximate surface area is 123 Å². The van der Waals surface area contributed by atoms with Crippen LogP contribution < -0.4 is 0 Å². The van der Waals surface area contributed by atoms with Gasteiger partial charge in [-0.05, 0) is 37.1 Å². The highest BCUT2D eigenvalue weighted by atomic mass is 32.2. The number of benzene rings is 1. The monoisotopic (exact) mass is 293 g/mol. The van der Waals surface area contributed by atoms with Crippen molar-refractivity contribution in [1.82, 2.24) is 4.90 Å². The first-order valence-electron chi connectivity index (χ1n) is 6.91. The fraction of sp³-hybridized carbons (Fsp3) is 0.467. The van der Waals surface area contributed by atoms with Gasteiger partial charge in [0.1, 0.15) is 0 Å². The molecule has 0 radical (unpaired) electrons. The number of likely N-dealkylation sites (tertiary alicyclic amines) is 1. The number of carbonyl (C=O) groups excluding carboxylic acids is 1. The third-order valence-electron chi connectivity index (χ3n) is 3.42. The maximum atomic E-state index is 12.1. The number of thioether (sulfide) groups is 1. The fourth-order valence-electron chi connectivity index (χ4n) is 2.25. The summed E-state index contributed by atoms with van der Waals surface area (Å²) in [6.07, 6.45) is 4.63. The molecule has 5 heteroatoms. The first-order valence-corrected chi connectivity index (χ1v) is 7.89. The molecule has 1 N–H and O–H groups in total. The van der Waals surface area contributed by atoms with E-state index in [4.69, 9.17) is 5.11 Å². The number of amides is 1. The van der Waals surface area contributed by atoms with E-state index < -0.39 is 5.97 Å². The molecule has 4 nitrogen and oxygen atoms in total. The Hall–Kier alpha value is -1.49. The van der Waals surface area contributed by atoms with E-state index in [-0.39, 0.29) is 11.5 Å². The van der Waals surface area contributed by atoms with Gasteiger partial charge < -0.3 is 10.0 Å². The second-order valence-corrected chi connectivity index (χ2v) is 5.96. The Morgan fingerprint density at radius 1 is 1.05 bits per heavy atom. The van der Waals surface area contributed by atoms with Crippen LogP contribution >= 0.6 is 11.8 Å². The van der Waals surface area contributed by atoms with Gasteiger partial charge in [0.05, 0.1) is 11.3 Å². The van der Waals surface area contributed by atoms with Crippen molar-refractivity contribution in [2.75, 3.05) is 18.8 Å². The molecule has 1 saturated heterocycles. The van der Waals surface area contributed by atoms with E-state index >= 15 is 0 Å². The molecule has 0 aliphatic carbocycles. The Kier molecular flexibility index (Phi) is 5.47. The number of nitrogens with zero attached hydrogens (tertiary/aromatic N) is 1. The molecule has 0 unspecified atom stereocenters. The van der Waals surface area contributed by atoms with E-state index in [0.717, 1.165) is 30.8 Å². The zero-order valence-electron chi connectivity index (χ0n) is 11.4. The van der Waals surface area contributed by atoms with Crippen molar-refractivity contribution in [3.63, 3.8) is 0 Å². The Bertz CT molecular complexity index is 465. The van der Waals surface area contributed by atoms with Crippen molar-refractivity contribution in [3.05, 3.63) is 29.8 Å². The van der Waals surface area contributed by atoms with Gasteiger partial charge in [-0.25, -0.2) is 4.79 Å². The third-order valence-corrected chi connectivity index (χ3v) is 4.42. The predicted octanol–water partition coefficient (Wildman–Crippen LogP) is 2.88. The van der Waals surface area contributed by atoms with E-state index in [2.05, 4.69) is 0 Å². The van der Waals surface area contributed by atoms with Gasteiger partial charge >= 0.3 is 5.97 Å². The largest absolute Gasteiger partial charge is 0.478 e. The number of carboxylic acid groups (broad SMARTS) is 1. The summed E-state index contributed by atoms with van der Waals surface area (Å²) in [5.41, 5.74) is 0.271. The van der Waals surface area contributed by atoms with Crippen molar-refractivity contribution < 1.29 is 14.7 Å². The molecule has 1 aromatic rings.